The van der Waals surface area contributed by atoms with Crippen molar-refractivity contribution in [1.29, 1.82) is 0 Å². The quantitative estimate of drug-likeness (QED) is 0.105. The van der Waals surface area contributed by atoms with Gasteiger partial charge in [0, 0.05) is 23.8 Å². The van der Waals surface area contributed by atoms with Crippen molar-refractivity contribution in [2.75, 3.05) is 4.90 Å². The van der Waals surface area contributed by atoms with Gasteiger partial charge in [0.15, 0.2) is 0 Å². The van der Waals surface area contributed by atoms with Crippen molar-refractivity contribution in [2.24, 2.45) is 20.5 Å². The van der Waals surface area contributed by atoms with E-state index in [1.807, 2.05) is 24.3 Å². The van der Waals surface area contributed by atoms with Crippen molar-refractivity contribution >= 4 is 72.8 Å². The number of phenolic OH excluding ortho intramolecular Hbond substituents is 2. The predicted molar refractivity (Wildman–Crippen MR) is 165 cm³/mol. The number of carbonyl (C=O) groups is 1. The summed E-state index contributed by atoms with van der Waals surface area (Å²) >= 11 is 2.72. The highest BCUT2D eigenvalue weighted by Crippen LogP contribution is 2.51. The van der Waals surface area contributed by atoms with E-state index in [-0.39, 0.29) is 34.5 Å². The molecule has 12 nitrogen and oxygen atoms in total. The van der Waals surface area contributed by atoms with Crippen molar-refractivity contribution in [3.63, 3.8) is 0 Å². The Bertz CT molecular complexity index is 1890. The van der Waals surface area contributed by atoms with E-state index in [1.165, 1.54) is 76.5 Å². The molecule has 2 N–H and O–H groups in total. The molecule has 2 unspecified atom stereocenters. The second-order valence-electron chi connectivity index (χ2n) is 9.39. The summed E-state index contributed by atoms with van der Waals surface area (Å²) in [6, 6.07) is 22.3. The van der Waals surface area contributed by atoms with E-state index in [4.69, 9.17) is 0 Å². The largest absolute Gasteiger partial charge is 0.508 e. The number of amides is 1. The van der Waals surface area contributed by atoms with Crippen molar-refractivity contribution < 1.29 is 19.9 Å². The number of aromatic hydroxyl groups is 2. The molecule has 0 spiro atoms. The summed E-state index contributed by atoms with van der Waals surface area (Å²) in [5.74, 6) is -0.395. The molecule has 2 heterocycles. The molecule has 0 aliphatic carbocycles. The van der Waals surface area contributed by atoms with E-state index < -0.39 is 15.5 Å². The second-order valence-corrected chi connectivity index (χ2v) is 11.8. The first kappa shape index (κ1) is 27.9. The highest BCUT2D eigenvalue weighted by molar-refractivity contribution is 8.01. The third-order valence-electron chi connectivity index (χ3n) is 6.52. The topological polar surface area (TPSA) is 166 Å². The smallest absolute Gasteiger partial charge is 0.269 e. The fourth-order valence-electron chi connectivity index (χ4n) is 4.43. The number of nitrogens with zero attached hydrogens (tertiary/aromatic N) is 7. The predicted octanol–water partition coefficient (Wildman–Crippen LogP) is 8.61. The van der Waals surface area contributed by atoms with E-state index in [0.717, 1.165) is 10.2 Å². The molecule has 214 valence electrons. The van der Waals surface area contributed by atoms with Crippen molar-refractivity contribution in [3.8, 4) is 11.5 Å². The highest BCUT2D eigenvalue weighted by Gasteiger charge is 2.42. The number of thiazole rings is 1. The summed E-state index contributed by atoms with van der Waals surface area (Å²) in [5, 5.41) is 48.6. The fourth-order valence-corrected chi connectivity index (χ4v) is 6.51. The first-order valence-electron chi connectivity index (χ1n) is 12.8. The molecule has 0 bridgehead atoms. The summed E-state index contributed by atoms with van der Waals surface area (Å²) in [4.78, 5) is 29.9. The molecule has 0 radical (unpaired) electrons. The Morgan fingerprint density at radius 2 is 1.65 bits per heavy atom. The van der Waals surface area contributed by atoms with E-state index in [1.54, 1.807) is 19.1 Å². The fraction of sp³-hybridized carbons (Fsp3) is 0.103. The average molecular weight is 612 g/mol. The number of hydrogen-bond acceptors (Lipinski definition) is 12. The zero-order chi connectivity index (χ0) is 30.1. The van der Waals surface area contributed by atoms with Crippen LogP contribution in [0.2, 0.25) is 0 Å². The Labute approximate surface area is 252 Å². The second kappa shape index (κ2) is 11.6. The number of anilines is 1. The number of rotatable bonds is 7. The van der Waals surface area contributed by atoms with Crippen LogP contribution in [0.15, 0.2) is 105 Å². The molecule has 1 aromatic heterocycles. The molecule has 6 rings (SSSR count). The molecule has 43 heavy (non-hydrogen) atoms. The zero-order valence-electron chi connectivity index (χ0n) is 22.3. The Morgan fingerprint density at radius 1 is 0.907 bits per heavy atom. The average Bonchev–Trinajstić information content (AvgIpc) is 3.56. The van der Waals surface area contributed by atoms with E-state index >= 15 is 0 Å². The molecule has 0 saturated carbocycles. The van der Waals surface area contributed by atoms with Gasteiger partial charge in [0.05, 0.1) is 37.5 Å². The number of thioether (sulfide) groups is 1. The van der Waals surface area contributed by atoms with Gasteiger partial charge in [-0.1, -0.05) is 23.5 Å². The normalized spacial score (nSPS) is 17.0. The van der Waals surface area contributed by atoms with Gasteiger partial charge in [-0.15, -0.1) is 27.1 Å². The van der Waals surface area contributed by atoms with Crippen LogP contribution in [0, 0.1) is 10.1 Å². The van der Waals surface area contributed by atoms with Crippen LogP contribution in [0.4, 0.5) is 33.6 Å². The van der Waals surface area contributed by atoms with Crippen LogP contribution in [0.1, 0.15) is 17.9 Å². The molecule has 2 atom stereocenters. The number of para-hydroxylation sites is 1. The van der Waals surface area contributed by atoms with Gasteiger partial charge in [-0.2, -0.15) is 5.11 Å². The maximum Gasteiger partial charge on any atom is 0.269 e. The number of azo groups is 2. The van der Waals surface area contributed by atoms with Crippen LogP contribution in [-0.4, -0.2) is 31.3 Å². The van der Waals surface area contributed by atoms with Crippen LogP contribution >= 0.6 is 23.1 Å². The van der Waals surface area contributed by atoms with Gasteiger partial charge >= 0.3 is 0 Å². The first-order valence-corrected chi connectivity index (χ1v) is 14.6. The summed E-state index contributed by atoms with van der Waals surface area (Å²) < 4.78 is 0.987. The lowest BCUT2D eigenvalue weighted by atomic mass is 10.1. The summed E-state index contributed by atoms with van der Waals surface area (Å²) in [7, 11) is 0. The van der Waals surface area contributed by atoms with E-state index in [2.05, 4.69) is 25.4 Å². The Morgan fingerprint density at radius 3 is 2.42 bits per heavy atom. The number of carbonyl (C=O) groups excluding carboxylic acids is 1. The van der Waals surface area contributed by atoms with Gasteiger partial charge < -0.3 is 10.2 Å². The molecular weight excluding hydrogens is 590 g/mol. The van der Waals surface area contributed by atoms with Crippen molar-refractivity contribution in [1.82, 2.24) is 4.98 Å². The number of nitro benzene ring substituents is 1. The van der Waals surface area contributed by atoms with Gasteiger partial charge in [0.25, 0.3) is 5.69 Å². The SMILES string of the molecule is CC1SC(c2cc(N=Nc3nc4ccccc4s3)ccc2O)N(c2cc(O)ccc2N=Nc2ccc([N+](=O)[O-])cc2)C1=O. The zero-order valence-corrected chi connectivity index (χ0v) is 23.9. The molecule has 1 aliphatic rings. The van der Waals surface area contributed by atoms with Gasteiger partial charge in [0.2, 0.25) is 11.0 Å². The van der Waals surface area contributed by atoms with Gasteiger partial charge in [0.1, 0.15) is 22.6 Å². The number of benzene rings is 4. The monoisotopic (exact) mass is 611 g/mol. The highest BCUT2D eigenvalue weighted by atomic mass is 32.2. The van der Waals surface area contributed by atoms with Crippen LogP contribution in [0.3, 0.4) is 0 Å². The van der Waals surface area contributed by atoms with Gasteiger partial charge in [-0.3, -0.25) is 19.8 Å². The minimum Gasteiger partial charge on any atom is -0.508 e. The number of hydrogen-bond donors (Lipinski definition) is 2. The Hall–Kier alpha value is -5.21. The molecular formula is C29H21N7O5S2. The first-order chi connectivity index (χ1) is 20.8. The Kier molecular flexibility index (Phi) is 7.52. The lowest BCUT2D eigenvalue weighted by molar-refractivity contribution is -0.384. The number of non-ortho nitro benzene ring substituents is 1. The molecule has 4 aromatic carbocycles. The van der Waals surface area contributed by atoms with Crippen LogP contribution in [-0.2, 0) is 4.79 Å². The minimum atomic E-state index is -0.685. The molecule has 1 aliphatic heterocycles. The molecule has 1 fully saturated rings. The Balaban J connectivity index is 1.34. The van der Waals surface area contributed by atoms with Crippen molar-refractivity contribution in [2.45, 2.75) is 17.5 Å². The van der Waals surface area contributed by atoms with Gasteiger partial charge in [-0.25, -0.2) is 4.98 Å². The molecule has 14 heteroatoms. The lowest BCUT2D eigenvalue weighted by Crippen LogP contribution is -2.30. The number of aromatic nitrogens is 1. The number of nitro groups is 1. The van der Waals surface area contributed by atoms with Crippen LogP contribution in [0.25, 0.3) is 10.2 Å². The molecule has 5 aromatic rings. The van der Waals surface area contributed by atoms with Crippen LogP contribution in [0.5, 0.6) is 11.5 Å². The molecule has 1 saturated heterocycles. The summed E-state index contributed by atoms with van der Waals surface area (Å²) in [5.41, 5.74) is 2.53. The van der Waals surface area contributed by atoms with Gasteiger partial charge in [-0.05, 0) is 61.5 Å². The third kappa shape index (κ3) is 5.78. The third-order valence-corrected chi connectivity index (χ3v) is 8.77. The van der Waals surface area contributed by atoms with E-state index in [9.17, 15) is 25.1 Å². The summed E-state index contributed by atoms with van der Waals surface area (Å²) in [6.07, 6.45) is 0. The number of fused-ring (bicyclic) bond motifs is 1. The standard InChI is InChI=1S/C29H21N7O5S2/c1-16-27(39)35(24-15-20(37)11-12-22(24)33-31-17-6-9-19(10-7-17)36(40)41)28(42-16)21-14-18(8-13-25(21)38)32-34-29-30-23-4-2-3-5-26(23)43-29/h2-16,28,37-38H,1H3. The molecule has 1 amide bonds. The maximum atomic E-state index is 13.5. The van der Waals surface area contributed by atoms with Crippen molar-refractivity contribution in [3.05, 3.63) is 101 Å². The van der Waals surface area contributed by atoms with Crippen LogP contribution < -0.4 is 4.90 Å². The maximum absolute atomic E-state index is 13.5. The minimum absolute atomic E-state index is 0.0439. The van der Waals surface area contributed by atoms with E-state index in [0.29, 0.717) is 22.1 Å². The summed E-state index contributed by atoms with van der Waals surface area (Å²) in [6.45, 7) is 1.76. The lowest BCUT2D eigenvalue weighted by Gasteiger charge is -2.26. The number of phenols is 2.